The summed E-state index contributed by atoms with van der Waals surface area (Å²) in [5, 5.41) is 21.7. The van der Waals surface area contributed by atoms with Crippen molar-refractivity contribution in [2.75, 3.05) is 26.2 Å². The molecular weight excluding hydrogens is 464 g/mol. The standard InChI is InChI=1S/C28H35ClN2O4/c1-3-5-15-30(16-6-4-2)17-8-18-31-25(21-9-7-10-23(32)19-21)24(27(34)28(31)35)26(33)20-11-13-22(29)14-12-20/h7,9-14,19,25,32-33H,3-6,8,15-18H2,1-2H3/b26-24-. The molecule has 1 heterocycles. The van der Waals surface area contributed by atoms with Crippen LogP contribution in [0.4, 0.5) is 0 Å². The number of ketones is 1. The highest BCUT2D eigenvalue weighted by Crippen LogP contribution is 2.40. The van der Waals surface area contributed by atoms with Crippen LogP contribution in [-0.2, 0) is 9.59 Å². The lowest BCUT2D eigenvalue weighted by molar-refractivity contribution is -0.140. The first kappa shape index (κ1) is 26.8. The molecule has 0 saturated carbocycles. The van der Waals surface area contributed by atoms with Crippen LogP contribution in [-0.4, -0.2) is 57.9 Å². The van der Waals surface area contributed by atoms with Crippen LogP contribution in [0.1, 0.15) is 63.1 Å². The van der Waals surface area contributed by atoms with Crippen molar-refractivity contribution in [2.24, 2.45) is 0 Å². The molecule has 7 heteroatoms. The summed E-state index contributed by atoms with van der Waals surface area (Å²) in [7, 11) is 0. The number of aromatic hydroxyl groups is 1. The molecule has 1 saturated heterocycles. The maximum atomic E-state index is 13.1. The topological polar surface area (TPSA) is 81.1 Å². The van der Waals surface area contributed by atoms with E-state index in [2.05, 4.69) is 18.7 Å². The lowest BCUT2D eigenvalue weighted by atomic mass is 9.95. The van der Waals surface area contributed by atoms with E-state index in [1.807, 2.05) is 0 Å². The van der Waals surface area contributed by atoms with E-state index < -0.39 is 17.7 Å². The van der Waals surface area contributed by atoms with Gasteiger partial charge in [0, 0.05) is 17.1 Å². The van der Waals surface area contributed by atoms with Crippen molar-refractivity contribution >= 4 is 29.1 Å². The molecule has 2 aromatic carbocycles. The van der Waals surface area contributed by atoms with Crippen molar-refractivity contribution in [1.82, 2.24) is 9.80 Å². The fourth-order valence-corrected chi connectivity index (χ4v) is 4.60. The Labute approximate surface area is 212 Å². The monoisotopic (exact) mass is 498 g/mol. The smallest absolute Gasteiger partial charge is 0.295 e. The van der Waals surface area contributed by atoms with Crippen molar-refractivity contribution in [3.05, 3.63) is 70.3 Å². The number of halogens is 1. The summed E-state index contributed by atoms with van der Waals surface area (Å²) in [6.45, 7) is 7.58. The molecule has 1 unspecified atom stereocenters. The predicted molar refractivity (Wildman–Crippen MR) is 139 cm³/mol. The number of benzene rings is 2. The zero-order valence-electron chi connectivity index (χ0n) is 20.5. The summed E-state index contributed by atoms with van der Waals surface area (Å²) in [4.78, 5) is 30.2. The van der Waals surface area contributed by atoms with Crippen LogP contribution in [0.2, 0.25) is 5.02 Å². The number of amides is 1. The van der Waals surface area contributed by atoms with Crippen molar-refractivity contribution < 1.29 is 19.8 Å². The van der Waals surface area contributed by atoms with Gasteiger partial charge in [0.05, 0.1) is 11.6 Å². The Morgan fingerprint density at radius 3 is 2.20 bits per heavy atom. The van der Waals surface area contributed by atoms with Crippen molar-refractivity contribution in [3.8, 4) is 5.75 Å². The van der Waals surface area contributed by atoms with Gasteiger partial charge in [-0.3, -0.25) is 9.59 Å². The van der Waals surface area contributed by atoms with Gasteiger partial charge in [0.1, 0.15) is 11.5 Å². The Bertz CT molecular complexity index is 1040. The molecule has 0 aromatic heterocycles. The Hall–Kier alpha value is -2.83. The molecule has 1 aliphatic rings. The molecule has 188 valence electrons. The lowest BCUT2D eigenvalue weighted by Crippen LogP contribution is -2.34. The van der Waals surface area contributed by atoms with E-state index in [0.717, 1.165) is 45.3 Å². The van der Waals surface area contributed by atoms with Crippen molar-refractivity contribution in [3.63, 3.8) is 0 Å². The Morgan fingerprint density at radius 1 is 0.971 bits per heavy atom. The quantitative estimate of drug-likeness (QED) is 0.221. The molecule has 3 rings (SSSR count). The summed E-state index contributed by atoms with van der Waals surface area (Å²) < 4.78 is 0. The van der Waals surface area contributed by atoms with E-state index in [0.29, 0.717) is 29.1 Å². The number of hydrogen-bond acceptors (Lipinski definition) is 5. The molecule has 1 fully saturated rings. The molecule has 1 atom stereocenters. The van der Waals surface area contributed by atoms with E-state index in [9.17, 15) is 19.8 Å². The SMILES string of the molecule is CCCCN(CCCC)CCCN1C(=O)C(=O)/C(=C(\O)c2ccc(Cl)cc2)C1c1cccc(O)c1. The minimum Gasteiger partial charge on any atom is -0.508 e. The summed E-state index contributed by atoms with van der Waals surface area (Å²) in [6.07, 6.45) is 5.20. The minimum absolute atomic E-state index is 0.0248. The number of rotatable bonds is 12. The van der Waals surface area contributed by atoms with Gasteiger partial charge < -0.3 is 20.0 Å². The number of phenolic OH excluding ortho intramolecular Hbond substituents is 1. The number of hydrogen-bond donors (Lipinski definition) is 2. The summed E-state index contributed by atoms with van der Waals surface area (Å²) in [6, 6.07) is 12.2. The summed E-state index contributed by atoms with van der Waals surface area (Å²) >= 11 is 5.98. The normalized spacial score (nSPS) is 17.5. The molecule has 35 heavy (non-hydrogen) atoms. The van der Waals surface area contributed by atoms with Crippen molar-refractivity contribution in [2.45, 2.75) is 52.0 Å². The average molecular weight is 499 g/mol. The number of aliphatic hydroxyl groups excluding tert-OH is 1. The molecule has 6 nitrogen and oxygen atoms in total. The largest absolute Gasteiger partial charge is 0.508 e. The fraction of sp³-hybridized carbons (Fsp3) is 0.429. The van der Waals surface area contributed by atoms with Gasteiger partial charge in [-0.05, 0) is 80.9 Å². The Balaban J connectivity index is 1.91. The van der Waals surface area contributed by atoms with Crippen LogP contribution in [0.25, 0.3) is 5.76 Å². The van der Waals surface area contributed by atoms with Gasteiger partial charge in [0.25, 0.3) is 11.7 Å². The highest BCUT2D eigenvalue weighted by molar-refractivity contribution is 6.46. The number of unbranched alkanes of at least 4 members (excludes halogenated alkanes) is 2. The number of phenols is 1. The zero-order valence-corrected chi connectivity index (χ0v) is 21.3. The number of Topliss-reactive ketones (excluding diaryl/α,β-unsaturated/α-hetero) is 1. The van der Waals surface area contributed by atoms with Gasteiger partial charge in [0.2, 0.25) is 0 Å². The molecule has 0 aliphatic carbocycles. The number of carbonyl (C=O) groups excluding carboxylic acids is 2. The van der Waals surface area contributed by atoms with Crippen molar-refractivity contribution in [1.29, 1.82) is 0 Å². The molecule has 2 N–H and O–H groups in total. The number of carbonyl (C=O) groups is 2. The second-order valence-corrected chi connectivity index (χ2v) is 9.43. The highest BCUT2D eigenvalue weighted by Gasteiger charge is 2.45. The van der Waals surface area contributed by atoms with E-state index in [1.54, 1.807) is 36.4 Å². The third-order valence-corrected chi connectivity index (χ3v) is 6.62. The van der Waals surface area contributed by atoms with Crippen LogP contribution >= 0.6 is 11.6 Å². The van der Waals surface area contributed by atoms with Gasteiger partial charge in [-0.2, -0.15) is 0 Å². The van der Waals surface area contributed by atoms with E-state index >= 15 is 0 Å². The minimum atomic E-state index is -0.780. The Morgan fingerprint density at radius 2 is 1.60 bits per heavy atom. The predicted octanol–water partition coefficient (Wildman–Crippen LogP) is 5.76. The molecular formula is C28H35ClN2O4. The fourth-order valence-electron chi connectivity index (χ4n) is 4.48. The molecule has 0 bridgehead atoms. The molecule has 0 radical (unpaired) electrons. The summed E-state index contributed by atoms with van der Waals surface area (Å²) in [5.74, 6) is -1.57. The number of likely N-dealkylation sites (tertiary alicyclic amines) is 1. The van der Waals surface area contributed by atoms with Crippen LogP contribution in [0.15, 0.2) is 54.1 Å². The number of aliphatic hydroxyl groups is 1. The first-order chi connectivity index (χ1) is 16.9. The average Bonchev–Trinajstić information content (AvgIpc) is 3.10. The van der Waals surface area contributed by atoms with Gasteiger partial charge in [-0.25, -0.2) is 0 Å². The van der Waals surface area contributed by atoms with Crippen LogP contribution in [0, 0.1) is 0 Å². The molecule has 1 amide bonds. The van der Waals surface area contributed by atoms with E-state index in [1.165, 1.54) is 17.0 Å². The first-order valence-electron chi connectivity index (χ1n) is 12.4. The van der Waals surface area contributed by atoms with Gasteiger partial charge in [0.15, 0.2) is 0 Å². The van der Waals surface area contributed by atoms with E-state index in [-0.39, 0.29) is 17.1 Å². The van der Waals surface area contributed by atoms with E-state index in [4.69, 9.17) is 11.6 Å². The number of nitrogens with zero attached hydrogens (tertiary/aromatic N) is 2. The van der Waals surface area contributed by atoms with Crippen LogP contribution in [0.3, 0.4) is 0 Å². The zero-order chi connectivity index (χ0) is 25.4. The molecule has 1 aliphatic heterocycles. The second-order valence-electron chi connectivity index (χ2n) is 9.00. The maximum Gasteiger partial charge on any atom is 0.295 e. The van der Waals surface area contributed by atoms with Crippen LogP contribution < -0.4 is 0 Å². The highest BCUT2D eigenvalue weighted by atomic mass is 35.5. The third kappa shape index (κ3) is 6.65. The Kier molecular flexibility index (Phi) is 9.75. The molecule has 2 aromatic rings. The van der Waals surface area contributed by atoms with Gasteiger partial charge >= 0.3 is 0 Å². The second kappa shape index (κ2) is 12.8. The third-order valence-electron chi connectivity index (χ3n) is 6.37. The van der Waals surface area contributed by atoms with Gasteiger partial charge in [-0.15, -0.1) is 0 Å². The van der Waals surface area contributed by atoms with Crippen LogP contribution in [0.5, 0.6) is 5.75 Å². The first-order valence-corrected chi connectivity index (χ1v) is 12.8. The summed E-state index contributed by atoms with van der Waals surface area (Å²) in [5.41, 5.74) is 1.01. The molecule has 0 spiro atoms. The lowest BCUT2D eigenvalue weighted by Gasteiger charge is -2.27. The van der Waals surface area contributed by atoms with Gasteiger partial charge in [-0.1, -0.05) is 50.4 Å². The maximum absolute atomic E-state index is 13.1.